The van der Waals surface area contributed by atoms with E-state index in [4.69, 9.17) is 0 Å². The van der Waals surface area contributed by atoms with Crippen LogP contribution in [0.5, 0.6) is 0 Å². The summed E-state index contributed by atoms with van der Waals surface area (Å²) in [6, 6.07) is 15.3. The summed E-state index contributed by atoms with van der Waals surface area (Å²) in [7, 11) is 0. The van der Waals surface area contributed by atoms with Crippen molar-refractivity contribution in [3.63, 3.8) is 0 Å². The lowest BCUT2D eigenvalue weighted by Gasteiger charge is -2.21. The number of carbonyl (C=O) groups is 2. The maximum atomic E-state index is 13.3. The molecule has 1 aliphatic heterocycles. The number of hydrogen-bond acceptors (Lipinski definition) is 3. The minimum absolute atomic E-state index is 0.0377. The normalized spacial score (nSPS) is 15.6. The number of anilines is 1. The molecule has 4 nitrogen and oxygen atoms in total. The fourth-order valence-electron chi connectivity index (χ4n) is 3.65. The number of fused-ring (bicyclic) bond motifs is 2. The standard InChI is InChI=1S/C21H14N2O2/c1-12-6-8-13(9-7-12)23-16-10-11-17(24)20-19(16)18(21(23)25)14-4-2-3-5-15(14)22-20/h2-10H,11H2,1H3. The van der Waals surface area contributed by atoms with Crippen LogP contribution in [0, 0.1) is 6.92 Å². The van der Waals surface area contributed by atoms with Crippen molar-refractivity contribution in [2.24, 2.45) is 0 Å². The zero-order valence-electron chi connectivity index (χ0n) is 13.6. The van der Waals surface area contributed by atoms with E-state index in [1.807, 2.05) is 61.5 Å². The summed E-state index contributed by atoms with van der Waals surface area (Å²) in [5, 5.41) is 0.793. The Labute approximate surface area is 144 Å². The maximum absolute atomic E-state index is 13.3. The average molecular weight is 326 g/mol. The van der Waals surface area contributed by atoms with E-state index in [1.54, 1.807) is 4.90 Å². The molecule has 3 aromatic rings. The Bertz CT molecular complexity index is 1110. The Balaban J connectivity index is 1.84. The van der Waals surface area contributed by atoms with E-state index in [0.717, 1.165) is 22.3 Å². The number of aryl methyl sites for hydroxylation is 1. The molecule has 5 rings (SSSR count). The molecular weight excluding hydrogens is 312 g/mol. The van der Waals surface area contributed by atoms with Gasteiger partial charge in [0.1, 0.15) is 5.69 Å². The lowest BCUT2D eigenvalue weighted by atomic mass is 9.94. The highest BCUT2D eigenvalue weighted by Crippen LogP contribution is 2.43. The highest BCUT2D eigenvalue weighted by molar-refractivity contribution is 6.30. The molecule has 0 bridgehead atoms. The molecule has 0 saturated carbocycles. The van der Waals surface area contributed by atoms with Gasteiger partial charge in [0.05, 0.1) is 16.8 Å². The van der Waals surface area contributed by atoms with Gasteiger partial charge in [-0.05, 0) is 25.1 Å². The van der Waals surface area contributed by atoms with Crippen LogP contribution in [-0.2, 0) is 0 Å². The topological polar surface area (TPSA) is 50.3 Å². The monoisotopic (exact) mass is 326 g/mol. The van der Waals surface area contributed by atoms with Crippen LogP contribution in [0.3, 0.4) is 0 Å². The Morgan fingerprint density at radius 1 is 0.960 bits per heavy atom. The van der Waals surface area contributed by atoms with E-state index >= 15 is 0 Å². The Morgan fingerprint density at radius 2 is 1.72 bits per heavy atom. The van der Waals surface area contributed by atoms with Crippen LogP contribution in [0.1, 0.15) is 38.4 Å². The van der Waals surface area contributed by atoms with Crippen LogP contribution in [0.15, 0.2) is 54.6 Å². The van der Waals surface area contributed by atoms with Gasteiger partial charge >= 0.3 is 0 Å². The maximum Gasteiger partial charge on any atom is 0.264 e. The van der Waals surface area contributed by atoms with Gasteiger partial charge in [-0.2, -0.15) is 0 Å². The molecule has 1 aromatic heterocycles. The molecular formula is C21H14N2O2. The van der Waals surface area contributed by atoms with Crippen molar-refractivity contribution in [2.45, 2.75) is 13.3 Å². The Kier molecular flexibility index (Phi) is 2.74. The van der Waals surface area contributed by atoms with Crippen molar-refractivity contribution in [2.75, 3.05) is 4.90 Å². The number of aromatic nitrogens is 1. The fourth-order valence-corrected chi connectivity index (χ4v) is 3.65. The van der Waals surface area contributed by atoms with E-state index in [0.29, 0.717) is 22.3 Å². The molecule has 0 saturated heterocycles. The number of carbonyl (C=O) groups excluding carboxylic acids is 2. The minimum atomic E-state index is -0.0975. The molecule has 0 N–H and O–H groups in total. The van der Waals surface area contributed by atoms with Gasteiger partial charge in [-0.15, -0.1) is 0 Å². The van der Waals surface area contributed by atoms with Crippen molar-refractivity contribution >= 4 is 34.0 Å². The molecule has 2 aromatic carbocycles. The summed E-state index contributed by atoms with van der Waals surface area (Å²) in [5.74, 6) is -0.135. The van der Waals surface area contributed by atoms with Crippen LogP contribution in [0.2, 0.25) is 0 Å². The van der Waals surface area contributed by atoms with E-state index in [2.05, 4.69) is 4.98 Å². The summed E-state index contributed by atoms with van der Waals surface area (Å²) in [4.78, 5) is 32.0. The van der Waals surface area contributed by atoms with Gasteiger partial charge in [-0.25, -0.2) is 4.98 Å². The third kappa shape index (κ3) is 1.85. The highest BCUT2D eigenvalue weighted by atomic mass is 16.2. The molecule has 0 spiro atoms. The second-order valence-electron chi connectivity index (χ2n) is 6.42. The highest BCUT2D eigenvalue weighted by Gasteiger charge is 2.40. The number of allylic oxidation sites excluding steroid dienone is 1. The van der Waals surface area contributed by atoms with Crippen LogP contribution in [0.4, 0.5) is 5.69 Å². The molecule has 1 amide bonds. The van der Waals surface area contributed by atoms with Gasteiger partial charge in [0.25, 0.3) is 5.91 Å². The average Bonchev–Trinajstić information content (AvgIpc) is 2.93. The number of Topliss-reactive ketones (excluding diaryl/α,β-unsaturated/α-hetero) is 1. The van der Waals surface area contributed by atoms with Crippen LogP contribution in [0.25, 0.3) is 16.6 Å². The number of benzene rings is 2. The number of rotatable bonds is 1. The Morgan fingerprint density at radius 3 is 2.52 bits per heavy atom. The third-order valence-electron chi connectivity index (χ3n) is 4.84. The summed E-state index contributed by atoms with van der Waals surface area (Å²) in [6.07, 6.45) is 2.11. The number of pyridine rings is 1. The largest absolute Gasteiger partial charge is 0.292 e. The van der Waals surface area contributed by atoms with Crippen molar-refractivity contribution in [3.8, 4) is 0 Å². The number of para-hydroxylation sites is 1. The van der Waals surface area contributed by atoms with E-state index in [-0.39, 0.29) is 18.1 Å². The van der Waals surface area contributed by atoms with Gasteiger partial charge in [-0.3, -0.25) is 14.5 Å². The van der Waals surface area contributed by atoms with E-state index in [9.17, 15) is 9.59 Å². The van der Waals surface area contributed by atoms with Crippen LogP contribution in [-0.4, -0.2) is 16.7 Å². The first kappa shape index (κ1) is 14.1. The molecule has 2 heterocycles. The second-order valence-corrected chi connectivity index (χ2v) is 6.42. The molecule has 2 aliphatic rings. The molecule has 0 radical (unpaired) electrons. The van der Waals surface area contributed by atoms with Gasteiger partial charge in [0.2, 0.25) is 0 Å². The lowest BCUT2D eigenvalue weighted by Crippen LogP contribution is -2.23. The molecule has 120 valence electrons. The summed E-state index contributed by atoms with van der Waals surface area (Å²) in [6.45, 7) is 2.01. The van der Waals surface area contributed by atoms with Crippen molar-refractivity contribution in [1.29, 1.82) is 0 Å². The molecule has 1 aliphatic carbocycles. The quantitative estimate of drug-likeness (QED) is 0.675. The van der Waals surface area contributed by atoms with Crippen molar-refractivity contribution in [1.82, 2.24) is 4.98 Å². The molecule has 25 heavy (non-hydrogen) atoms. The lowest BCUT2D eigenvalue weighted by molar-refractivity contribution is 0.0987. The zero-order chi connectivity index (χ0) is 17.1. The fraction of sp³-hybridized carbons (Fsp3) is 0.0952. The van der Waals surface area contributed by atoms with E-state index in [1.165, 1.54) is 0 Å². The number of hydrogen-bond donors (Lipinski definition) is 0. The van der Waals surface area contributed by atoms with Gasteiger partial charge < -0.3 is 0 Å². The third-order valence-corrected chi connectivity index (χ3v) is 4.84. The molecule has 0 unspecified atom stereocenters. The van der Waals surface area contributed by atoms with Gasteiger partial charge in [-0.1, -0.05) is 42.0 Å². The predicted octanol–water partition coefficient (Wildman–Crippen LogP) is 4.13. The smallest absolute Gasteiger partial charge is 0.264 e. The first-order chi connectivity index (χ1) is 12.1. The summed E-state index contributed by atoms with van der Waals surface area (Å²) in [5.41, 5.74) is 5.08. The number of ketones is 1. The van der Waals surface area contributed by atoms with Crippen molar-refractivity contribution < 1.29 is 9.59 Å². The summed E-state index contributed by atoms with van der Waals surface area (Å²) >= 11 is 0. The molecule has 4 heteroatoms. The van der Waals surface area contributed by atoms with E-state index < -0.39 is 0 Å². The molecule has 0 atom stereocenters. The predicted molar refractivity (Wildman–Crippen MR) is 96.7 cm³/mol. The van der Waals surface area contributed by atoms with Gasteiger partial charge in [0, 0.05) is 23.1 Å². The number of amides is 1. The zero-order valence-corrected chi connectivity index (χ0v) is 13.6. The number of nitrogens with zero attached hydrogens (tertiary/aromatic N) is 2. The minimum Gasteiger partial charge on any atom is -0.292 e. The van der Waals surface area contributed by atoms with Crippen molar-refractivity contribution in [3.05, 3.63) is 77.0 Å². The SMILES string of the molecule is Cc1ccc(N2C(=O)c3c4c(nc5ccccc35)C(=O)CC=C42)cc1. The molecule has 0 fully saturated rings. The second kappa shape index (κ2) is 4.86. The summed E-state index contributed by atoms with van der Waals surface area (Å²) < 4.78 is 0. The van der Waals surface area contributed by atoms with Crippen LogP contribution < -0.4 is 4.90 Å². The first-order valence-electron chi connectivity index (χ1n) is 8.23. The first-order valence-corrected chi connectivity index (χ1v) is 8.23. The van der Waals surface area contributed by atoms with Crippen LogP contribution >= 0.6 is 0 Å². The Hall–Kier alpha value is -3.27. The van der Waals surface area contributed by atoms with Gasteiger partial charge in [0.15, 0.2) is 5.78 Å².